The first kappa shape index (κ1) is 27.5. The smallest absolute Gasteiger partial charge is 0.248 e. The van der Waals surface area contributed by atoms with Gasteiger partial charge in [0.15, 0.2) is 0 Å². The van der Waals surface area contributed by atoms with Gasteiger partial charge in [-0.2, -0.15) is 0 Å². The summed E-state index contributed by atoms with van der Waals surface area (Å²) in [5.41, 5.74) is 3.95. The van der Waals surface area contributed by atoms with Crippen LogP contribution in [-0.2, 0) is 30.6 Å². The number of benzene rings is 4. The summed E-state index contributed by atoms with van der Waals surface area (Å²) in [5.74, 6) is -3.62. The second kappa shape index (κ2) is 9.85. The van der Waals surface area contributed by atoms with Crippen molar-refractivity contribution in [1.82, 2.24) is 4.90 Å². The summed E-state index contributed by atoms with van der Waals surface area (Å²) in [4.78, 5) is 41.5. The molecular formula is C33H22Cl4N2O3. The van der Waals surface area contributed by atoms with Crippen LogP contribution < -0.4 is 5.32 Å². The normalized spacial score (nSPS) is 26.0. The third-order valence-corrected chi connectivity index (χ3v) is 10.7. The number of nitrogens with zero attached hydrogens (tertiary/aromatic N) is 1. The van der Waals surface area contributed by atoms with E-state index in [1.54, 1.807) is 12.1 Å². The molecule has 1 aliphatic heterocycles. The number of likely N-dealkylation sites (tertiary alicyclic amines) is 1. The molecule has 0 saturated carbocycles. The van der Waals surface area contributed by atoms with E-state index in [1.807, 2.05) is 78.9 Å². The van der Waals surface area contributed by atoms with Gasteiger partial charge in [0.25, 0.3) is 0 Å². The second-order valence-corrected chi connectivity index (χ2v) is 12.8. The maximum Gasteiger partial charge on any atom is 0.248 e. The number of nitrogens with one attached hydrogen (secondary N) is 1. The highest BCUT2D eigenvalue weighted by Gasteiger charge is 2.73. The lowest BCUT2D eigenvalue weighted by atomic mass is 9.54. The van der Waals surface area contributed by atoms with Crippen molar-refractivity contribution >= 4 is 69.8 Å². The quantitative estimate of drug-likeness (QED) is 0.187. The molecule has 3 aliphatic carbocycles. The van der Waals surface area contributed by atoms with Crippen molar-refractivity contribution in [3.05, 3.63) is 135 Å². The topological polar surface area (TPSA) is 66.5 Å². The molecule has 210 valence electrons. The molecule has 3 atom stereocenters. The van der Waals surface area contributed by atoms with Crippen LogP contribution in [0.2, 0.25) is 10.0 Å². The molecule has 1 saturated heterocycles. The Morgan fingerprint density at radius 1 is 0.714 bits per heavy atom. The first-order valence-corrected chi connectivity index (χ1v) is 14.9. The fourth-order valence-corrected chi connectivity index (χ4v) is 8.33. The Morgan fingerprint density at radius 2 is 1.19 bits per heavy atom. The standard InChI is InChI=1S/C33H22Cl4N2O3/c34-24-15-14-19(17-25(24)35)38-29(40)26(16-18-8-2-1-3-9-18)39-30(41)27-28(31(39)42)33(37)21-11-5-4-10-20(21)32(27,36)22-12-6-7-13-23(22)33/h1-15,17,26-28H,16H2,(H,38,40)/t26-,27-,28+,32?,33?/m1/s1. The third kappa shape index (κ3) is 3.74. The van der Waals surface area contributed by atoms with E-state index in [9.17, 15) is 14.4 Å². The number of alkyl halides is 2. The molecule has 9 heteroatoms. The monoisotopic (exact) mass is 634 g/mol. The first-order valence-electron chi connectivity index (χ1n) is 13.4. The molecule has 2 bridgehead atoms. The van der Waals surface area contributed by atoms with Crippen LogP contribution in [0.3, 0.4) is 0 Å². The number of hydrogen-bond acceptors (Lipinski definition) is 3. The van der Waals surface area contributed by atoms with E-state index in [-0.39, 0.29) is 11.4 Å². The molecule has 4 aliphatic rings. The van der Waals surface area contributed by atoms with Gasteiger partial charge in [-0.15, -0.1) is 23.2 Å². The van der Waals surface area contributed by atoms with Crippen LogP contribution in [0.1, 0.15) is 27.8 Å². The predicted molar refractivity (Wildman–Crippen MR) is 164 cm³/mol. The van der Waals surface area contributed by atoms with Crippen LogP contribution in [0.5, 0.6) is 0 Å². The van der Waals surface area contributed by atoms with Crippen LogP contribution in [0.4, 0.5) is 5.69 Å². The lowest BCUT2D eigenvalue weighted by molar-refractivity contribution is -0.146. The summed E-state index contributed by atoms with van der Waals surface area (Å²) in [5, 5.41) is 3.42. The van der Waals surface area contributed by atoms with Gasteiger partial charge in [-0.05, 0) is 46.0 Å². The SMILES string of the molecule is O=C(Nc1ccc(Cl)c(Cl)c1)[C@@H](Cc1ccccc1)N1C(=O)[C@@H]2[C@H](C1=O)C1(Cl)c3ccccc3C2(Cl)c2ccccc21. The maximum absolute atomic E-state index is 14.5. The molecule has 0 radical (unpaired) electrons. The Hall–Kier alpha value is -3.35. The predicted octanol–water partition coefficient (Wildman–Crippen LogP) is 7.14. The number of halogens is 4. The van der Waals surface area contributed by atoms with Crippen LogP contribution >= 0.6 is 46.4 Å². The van der Waals surface area contributed by atoms with Gasteiger partial charge in [0.1, 0.15) is 15.8 Å². The molecule has 5 nitrogen and oxygen atoms in total. The number of imide groups is 1. The summed E-state index contributed by atoms with van der Waals surface area (Å²) in [7, 11) is 0. The fraction of sp³-hybridized carbons (Fsp3) is 0.182. The molecule has 42 heavy (non-hydrogen) atoms. The number of carbonyl (C=O) groups excluding carboxylic acids is 3. The van der Waals surface area contributed by atoms with E-state index in [1.165, 1.54) is 6.07 Å². The Morgan fingerprint density at radius 3 is 1.67 bits per heavy atom. The summed E-state index contributed by atoms with van der Waals surface area (Å²) in [6.07, 6.45) is 0.0926. The van der Waals surface area contributed by atoms with Gasteiger partial charge in [-0.3, -0.25) is 19.3 Å². The van der Waals surface area contributed by atoms with E-state index >= 15 is 0 Å². The third-order valence-electron chi connectivity index (χ3n) is 8.69. The lowest BCUT2D eigenvalue weighted by Gasteiger charge is -2.54. The minimum atomic E-state index is -1.34. The van der Waals surface area contributed by atoms with Crippen LogP contribution in [0.15, 0.2) is 97.1 Å². The Bertz CT molecular complexity index is 1670. The minimum Gasteiger partial charge on any atom is -0.324 e. The maximum atomic E-state index is 14.5. The van der Waals surface area contributed by atoms with E-state index in [0.717, 1.165) is 10.5 Å². The second-order valence-electron chi connectivity index (χ2n) is 10.8. The Kier molecular flexibility index (Phi) is 6.45. The molecule has 3 amide bonds. The van der Waals surface area contributed by atoms with Gasteiger partial charge in [-0.1, -0.05) is 102 Å². The van der Waals surface area contributed by atoms with Gasteiger partial charge in [0, 0.05) is 12.1 Å². The van der Waals surface area contributed by atoms with Crippen LogP contribution in [-0.4, -0.2) is 28.7 Å². The zero-order valence-corrected chi connectivity index (χ0v) is 24.9. The van der Waals surface area contributed by atoms with Crippen molar-refractivity contribution < 1.29 is 14.4 Å². The molecule has 8 rings (SSSR count). The Labute approximate surface area is 262 Å². The zero-order chi connectivity index (χ0) is 29.4. The van der Waals surface area contributed by atoms with E-state index in [0.29, 0.717) is 33.0 Å². The summed E-state index contributed by atoms with van der Waals surface area (Å²) < 4.78 is 0. The molecule has 0 aromatic heterocycles. The van der Waals surface area contributed by atoms with E-state index < -0.39 is 45.3 Å². The van der Waals surface area contributed by atoms with Crippen molar-refractivity contribution in [2.24, 2.45) is 11.8 Å². The van der Waals surface area contributed by atoms with Gasteiger partial charge in [-0.25, -0.2) is 0 Å². The molecule has 4 aromatic rings. The molecule has 1 N–H and O–H groups in total. The minimum absolute atomic E-state index is 0.0926. The number of amides is 3. The van der Waals surface area contributed by atoms with Crippen LogP contribution in [0.25, 0.3) is 0 Å². The molecular weight excluding hydrogens is 614 g/mol. The molecule has 1 heterocycles. The Balaban J connectivity index is 1.36. The van der Waals surface area contributed by atoms with Crippen molar-refractivity contribution in [1.29, 1.82) is 0 Å². The highest BCUT2D eigenvalue weighted by Crippen LogP contribution is 2.69. The van der Waals surface area contributed by atoms with E-state index in [2.05, 4.69) is 5.32 Å². The first-order chi connectivity index (χ1) is 20.2. The number of rotatable bonds is 5. The average Bonchev–Trinajstić information content (AvgIpc) is 3.27. The summed E-state index contributed by atoms with van der Waals surface area (Å²) >= 11 is 27.4. The highest BCUT2D eigenvalue weighted by atomic mass is 35.5. The van der Waals surface area contributed by atoms with Gasteiger partial charge < -0.3 is 5.32 Å². The number of anilines is 1. The zero-order valence-electron chi connectivity index (χ0n) is 21.9. The molecule has 0 unspecified atom stereocenters. The molecule has 0 spiro atoms. The fourth-order valence-electron chi connectivity index (χ4n) is 6.93. The highest BCUT2D eigenvalue weighted by molar-refractivity contribution is 6.42. The van der Waals surface area contributed by atoms with Crippen molar-refractivity contribution in [3.63, 3.8) is 0 Å². The van der Waals surface area contributed by atoms with Crippen molar-refractivity contribution in [3.8, 4) is 0 Å². The summed E-state index contributed by atoms with van der Waals surface area (Å²) in [6.45, 7) is 0. The largest absolute Gasteiger partial charge is 0.324 e. The number of carbonyl (C=O) groups is 3. The van der Waals surface area contributed by atoms with E-state index in [4.69, 9.17) is 46.4 Å². The number of hydrogen-bond donors (Lipinski definition) is 1. The van der Waals surface area contributed by atoms with Gasteiger partial charge in [0.05, 0.1) is 21.9 Å². The van der Waals surface area contributed by atoms with Gasteiger partial charge in [0.2, 0.25) is 17.7 Å². The van der Waals surface area contributed by atoms with Crippen molar-refractivity contribution in [2.45, 2.75) is 22.2 Å². The molecule has 1 fully saturated rings. The lowest BCUT2D eigenvalue weighted by Crippen LogP contribution is -2.57. The van der Waals surface area contributed by atoms with Gasteiger partial charge >= 0.3 is 0 Å². The summed E-state index contributed by atoms with van der Waals surface area (Å²) in [6, 6.07) is 27.6. The molecule has 4 aromatic carbocycles. The van der Waals surface area contributed by atoms with Crippen LogP contribution in [0, 0.1) is 11.8 Å². The average molecular weight is 636 g/mol. The van der Waals surface area contributed by atoms with Crippen molar-refractivity contribution in [2.75, 3.05) is 5.32 Å².